The molecule has 70 valence electrons. The Kier molecular flexibility index (Phi) is 2.63. The van der Waals surface area contributed by atoms with E-state index in [1.54, 1.807) is 0 Å². The zero-order valence-electron chi connectivity index (χ0n) is 7.50. The lowest BCUT2D eigenvalue weighted by Crippen LogP contribution is -2.58. The number of aliphatic hydroxyl groups is 1. The molecule has 2 aliphatic rings. The Morgan fingerprint density at radius 3 is 3.17 bits per heavy atom. The second-order valence-corrected chi connectivity index (χ2v) is 3.86. The van der Waals surface area contributed by atoms with E-state index < -0.39 is 0 Å². The molecule has 3 nitrogen and oxygen atoms in total. The van der Waals surface area contributed by atoms with E-state index in [4.69, 9.17) is 5.11 Å². The molecule has 0 aromatic carbocycles. The highest BCUT2D eigenvalue weighted by atomic mass is 16.3. The number of nitrogens with one attached hydrogen (secondary N) is 1. The van der Waals surface area contributed by atoms with E-state index in [1.807, 2.05) is 0 Å². The van der Waals surface area contributed by atoms with Crippen molar-refractivity contribution in [3.63, 3.8) is 0 Å². The van der Waals surface area contributed by atoms with Crippen molar-refractivity contribution in [2.75, 3.05) is 26.2 Å². The van der Waals surface area contributed by atoms with Gasteiger partial charge in [0.25, 0.3) is 0 Å². The molecule has 0 amide bonds. The predicted molar refractivity (Wildman–Crippen MR) is 48.1 cm³/mol. The van der Waals surface area contributed by atoms with Gasteiger partial charge in [-0.3, -0.25) is 4.90 Å². The first-order valence-corrected chi connectivity index (χ1v) is 4.99. The van der Waals surface area contributed by atoms with E-state index in [0.29, 0.717) is 18.7 Å². The van der Waals surface area contributed by atoms with Gasteiger partial charge in [-0.2, -0.15) is 0 Å². The minimum atomic E-state index is 0.344. The standard InChI is InChI=1S/C9H18N2O/c12-7-9-3-1-2-8-6-10-4-5-11(8)9/h8-10,12H,1-7H2/t8?,9-/m1/s1. The van der Waals surface area contributed by atoms with Gasteiger partial charge in [-0.25, -0.2) is 0 Å². The summed E-state index contributed by atoms with van der Waals surface area (Å²) in [4.78, 5) is 2.49. The fourth-order valence-corrected chi connectivity index (χ4v) is 2.48. The number of hydrogen-bond donors (Lipinski definition) is 2. The fourth-order valence-electron chi connectivity index (χ4n) is 2.48. The first kappa shape index (κ1) is 8.48. The topological polar surface area (TPSA) is 35.5 Å². The lowest BCUT2D eigenvalue weighted by molar-refractivity contribution is 0.0300. The van der Waals surface area contributed by atoms with Crippen LogP contribution >= 0.6 is 0 Å². The SMILES string of the molecule is OC[C@H]1CCCC2CNCCN21. The summed E-state index contributed by atoms with van der Waals surface area (Å²) in [6.07, 6.45) is 3.78. The van der Waals surface area contributed by atoms with Crippen LogP contribution in [0.2, 0.25) is 0 Å². The number of nitrogens with zero attached hydrogens (tertiary/aromatic N) is 1. The van der Waals surface area contributed by atoms with Gasteiger partial charge in [-0.05, 0) is 12.8 Å². The van der Waals surface area contributed by atoms with Gasteiger partial charge in [0.1, 0.15) is 0 Å². The van der Waals surface area contributed by atoms with Crippen molar-refractivity contribution in [2.24, 2.45) is 0 Å². The van der Waals surface area contributed by atoms with Gasteiger partial charge < -0.3 is 10.4 Å². The van der Waals surface area contributed by atoms with Crippen molar-refractivity contribution in [1.29, 1.82) is 0 Å². The molecule has 12 heavy (non-hydrogen) atoms. The summed E-state index contributed by atoms with van der Waals surface area (Å²) in [5, 5.41) is 12.6. The quantitative estimate of drug-likeness (QED) is 0.572. The highest BCUT2D eigenvalue weighted by Crippen LogP contribution is 2.23. The summed E-state index contributed by atoms with van der Waals surface area (Å²) < 4.78 is 0. The second kappa shape index (κ2) is 3.73. The smallest absolute Gasteiger partial charge is 0.0587 e. The van der Waals surface area contributed by atoms with Crippen LogP contribution in [0.1, 0.15) is 19.3 Å². The molecule has 2 fully saturated rings. The maximum absolute atomic E-state index is 9.17. The van der Waals surface area contributed by atoms with Gasteiger partial charge in [0.15, 0.2) is 0 Å². The van der Waals surface area contributed by atoms with Gasteiger partial charge in [0.2, 0.25) is 0 Å². The average Bonchev–Trinajstić information content (AvgIpc) is 2.17. The molecule has 2 N–H and O–H groups in total. The Labute approximate surface area is 73.8 Å². The third-order valence-electron chi connectivity index (χ3n) is 3.15. The molecule has 3 heteroatoms. The molecule has 0 spiro atoms. The van der Waals surface area contributed by atoms with Gasteiger partial charge in [0, 0.05) is 31.7 Å². The number of piperazine rings is 1. The van der Waals surface area contributed by atoms with Gasteiger partial charge >= 0.3 is 0 Å². The van der Waals surface area contributed by atoms with Gasteiger partial charge in [-0.1, -0.05) is 6.42 Å². The number of aliphatic hydroxyl groups excluding tert-OH is 1. The molecule has 1 unspecified atom stereocenters. The fraction of sp³-hybridized carbons (Fsp3) is 1.00. The molecule has 0 aromatic heterocycles. The molecule has 2 heterocycles. The Bertz CT molecular complexity index is 143. The number of fused-ring (bicyclic) bond motifs is 1. The third kappa shape index (κ3) is 1.49. The number of hydrogen-bond acceptors (Lipinski definition) is 3. The van der Waals surface area contributed by atoms with Crippen LogP contribution in [-0.4, -0.2) is 48.3 Å². The molecule has 2 saturated heterocycles. The summed E-state index contributed by atoms with van der Waals surface area (Å²) in [7, 11) is 0. The molecule has 2 rings (SSSR count). The average molecular weight is 170 g/mol. The van der Waals surface area contributed by atoms with Crippen molar-refractivity contribution < 1.29 is 5.11 Å². The summed E-state index contributed by atoms with van der Waals surface area (Å²) in [5.41, 5.74) is 0. The van der Waals surface area contributed by atoms with Gasteiger partial charge in [-0.15, -0.1) is 0 Å². The molecule has 2 atom stereocenters. The zero-order chi connectivity index (χ0) is 8.39. The van der Waals surface area contributed by atoms with Crippen LogP contribution in [0.5, 0.6) is 0 Å². The lowest BCUT2D eigenvalue weighted by Gasteiger charge is -2.44. The Balaban J connectivity index is 1.99. The summed E-state index contributed by atoms with van der Waals surface area (Å²) in [6, 6.07) is 1.15. The van der Waals surface area contributed by atoms with E-state index in [9.17, 15) is 0 Å². The Morgan fingerprint density at radius 1 is 1.42 bits per heavy atom. The van der Waals surface area contributed by atoms with Gasteiger partial charge in [0.05, 0.1) is 6.61 Å². The van der Waals surface area contributed by atoms with Crippen LogP contribution < -0.4 is 5.32 Å². The maximum Gasteiger partial charge on any atom is 0.0587 e. The predicted octanol–water partition coefficient (Wildman–Crippen LogP) is -0.195. The number of piperidine rings is 1. The van der Waals surface area contributed by atoms with Crippen LogP contribution in [0.25, 0.3) is 0 Å². The summed E-state index contributed by atoms with van der Waals surface area (Å²) in [6.45, 7) is 3.68. The summed E-state index contributed by atoms with van der Waals surface area (Å²) in [5.74, 6) is 0. The van der Waals surface area contributed by atoms with E-state index >= 15 is 0 Å². The van der Waals surface area contributed by atoms with Crippen molar-refractivity contribution >= 4 is 0 Å². The molecule has 0 bridgehead atoms. The summed E-state index contributed by atoms with van der Waals surface area (Å²) >= 11 is 0. The second-order valence-electron chi connectivity index (χ2n) is 3.86. The molecule has 0 saturated carbocycles. The molecular formula is C9H18N2O. The van der Waals surface area contributed by atoms with Crippen LogP contribution in [0.3, 0.4) is 0 Å². The molecule has 0 radical (unpaired) electrons. The minimum Gasteiger partial charge on any atom is -0.395 e. The van der Waals surface area contributed by atoms with Crippen molar-refractivity contribution in [1.82, 2.24) is 10.2 Å². The highest BCUT2D eigenvalue weighted by Gasteiger charge is 2.31. The Hall–Kier alpha value is -0.120. The zero-order valence-corrected chi connectivity index (χ0v) is 7.50. The van der Waals surface area contributed by atoms with Crippen LogP contribution in [0, 0.1) is 0 Å². The maximum atomic E-state index is 9.17. The third-order valence-corrected chi connectivity index (χ3v) is 3.15. The molecule has 2 aliphatic heterocycles. The first-order valence-electron chi connectivity index (χ1n) is 4.99. The monoisotopic (exact) mass is 170 g/mol. The van der Waals surface area contributed by atoms with Crippen LogP contribution in [0.15, 0.2) is 0 Å². The first-order chi connectivity index (χ1) is 5.92. The van der Waals surface area contributed by atoms with Crippen LogP contribution in [-0.2, 0) is 0 Å². The molecular weight excluding hydrogens is 152 g/mol. The lowest BCUT2D eigenvalue weighted by atomic mass is 9.94. The Morgan fingerprint density at radius 2 is 2.33 bits per heavy atom. The van der Waals surface area contributed by atoms with Crippen molar-refractivity contribution in [3.05, 3.63) is 0 Å². The molecule has 0 aromatic rings. The normalized spacial score (nSPS) is 37.8. The van der Waals surface area contributed by atoms with Crippen molar-refractivity contribution in [2.45, 2.75) is 31.3 Å². The van der Waals surface area contributed by atoms with E-state index in [0.717, 1.165) is 19.6 Å². The van der Waals surface area contributed by atoms with Crippen molar-refractivity contribution in [3.8, 4) is 0 Å². The minimum absolute atomic E-state index is 0.344. The van der Waals surface area contributed by atoms with E-state index in [2.05, 4.69) is 10.2 Å². The number of rotatable bonds is 1. The van der Waals surface area contributed by atoms with E-state index in [1.165, 1.54) is 19.3 Å². The largest absolute Gasteiger partial charge is 0.395 e. The highest BCUT2D eigenvalue weighted by molar-refractivity contribution is 4.88. The molecule has 0 aliphatic carbocycles. The van der Waals surface area contributed by atoms with Crippen LogP contribution in [0.4, 0.5) is 0 Å². The van der Waals surface area contributed by atoms with E-state index in [-0.39, 0.29) is 0 Å².